The molecule has 0 amide bonds. The highest BCUT2D eigenvalue weighted by atomic mass is 15.1. The monoisotopic (exact) mass is 752 g/mol. The van der Waals surface area contributed by atoms with Gasteiger partial charge in [0.25, 0.3) is 0 Å². The smallest absolute Gasteiger partial charge is 0.0676 e. The molecule has 0 fully saturated rings. The van der Waals surface area contributed by atoms with Gasteiger partial charge in [-0.15, -0.1) is 0 Å². The molecule has 0 bridgehead atoms. The van der Waals surface area contributed by atoms with E-state index in [1.165, 1.54) is 43.8 Å². The maximum Gasteiger partial charge on any atom is 0.0676 e. The molecule has 7 aromatic rings. The van der Waals surface area contributed by atoms with Crippen molar-refractivity contribution >= 4 is 51.5 Å². The zero-order valence-corrected chi connectivity index (χ0v) is 34.3. The molecule has 2 nitrogen and oxygen atoms in total. The minimum Gasteiger partial charge on any atom is -0.372 e. The Morgan fingerprint density at radius 3 is 2.41 bits per heavy atom. The van der Waals surface area contributed by atoms with Gasteiger partial charge in [0.2, 0.25) is 0 Å². The van der Waals surface area contributed by atoms with E-state index in [2.05, 4.69) is 204 Å². The molecule has 0 aliphatic carbocycles. The number of nitrogens with one attached hydrogen (secondary N) is 2. The molecule has 7 rings (SSSR count). The van der Waals surface area contributed by atoms with Gasteiger partial charge in [0.1, 0.15) is 0 Å². The van der Waals surface area contributed by atoms with E-state index in [4.69, 9.17) is 0 Å². The van der Waals surface area contributed by atoms with E-state index in [0.29, 0.717) is 6.67 Å². The summed E-state index contributed by atoms with van der Waals surface area (Å²) in [4.78, 5) is 0. The zero-order valence-electron chi connectivity index (χ0n) is 34.3. The van der Waals surface area contributed by atoms with Crippen LogP contribution in [0.15, 0.2) is 153 Å². The first-order valence-electron chi connectivity index (χ1n) is 20.3. The Kier molecular flexibility index (Phi) is 12.3. The summed E-state index contributed by atoms with van der Waals surface area (Å²) < 4.78 is 0. The highest BCUT2D eigenvalue weighted by Crippen LogP contribution is 2.41. The Balaban J connectivity index is 1.39. The maximum absolute atomic E-state index is 4.55. The molecule has 7 aromatic carbocycles. The third-order valence-corrected chi connectivity index (χ3v) is 11.1. The van der Waals surface area contributed by atoms with Gasteiger partial charge in [0.05, 0.1) is 12.7 Å². The summed E-state index contributed by atoms with van der Waals surface area (Å²) in [5, 5.41) is 14.8. The molecule has 58 heavy (non-hydrogen) atoms. The molecule has 0 radical (unpaired) electrons. The first-order chi connectivity index (χ1) is 28.4. The van der Waals surface area contributed by atoms with Gasteiger partial charge in [-0.05, 0) is 133 Å². The van der Waals surface area contributed by atoms with Crippen LogP contribution in [0.3, 0.4) is 0 Å². The van der Waals surface area contributed by atoms with Crippen LogP contribution in [-0.4, -0.2) is 6.67 Å². The molecule has 1 unspecified atom stereocenters. The lowest BCUT2D eigenvalue weighted by Crippen LogP contribution is -2.37. The Labute approximate surface area is 345 Å². The zero-order chi connectivity index (χ0) is 40.6. The van der Waals surface area contributed by atoms with Crippen molar-refractivity contribution in [3.63, 3.8) is 0 Å². The molecule has 0 saturated heterocycles. The van der Waals surface area contributed by atoms with Gasteiger partial charge >= 0.3 is 0 Å². The van der Waals surface area contributed by atoms with Crippen molar-refractivity contribution in [2.45, 2.75) is 46.6 Å². The van der Waals surface area contributed by atoms with Crippen molar-refractivity contribution in [2.75, 3.05) is 12.0 Å². The van der Waals surface area contributed by atoms with Gasteiger partial charge in [-0.2, -0.15) is 0 Å². The number of anilines is 1. The number of hydrogen-bond donors (Lipinski definition) is 2. The molecule has 0 saturated carbocycles. The maximum atomic E-state index is 4.55. The largest absolute Gasteiger partial charge is 0.372 e. The summed E-state index contributed by atoms with van der Waals surface area (Å²) in [5.41, 5.74) is 13.6. The number of aryl methyl sites for hydroxylation is 1. The average Bonchev–Trinajstić information content (AvgIpc) is 3.26. The van der Waals surface area contributed by atoms with E-state index in [0.717, 1.165) is 67.9 Å². The summed E-state index contributed by atoms with van der Waals surface area (Å²) in [6.07, 6.45) is 14.4. The lowest BCUT2D eigenvalue weighted by atomic mass is 9.87. The summed E-state index contributed by atoms with van der Waals surface area (Å²) in [7, 11) is 0. The van der Waals surface area contributed by atoms with E-state index >= 15 is 0 Å². The van der Waals surface area contributed by atoms with Crippen LogP contribution in [0.4, 0.5) is 5.69 Å². The highest BCUT2D eigenvalue weighted by Gasteiger charge is 2.20. The predicted octanol–water partition coefficient (Wildman–Crippen LogP) is 12.9. The van der Waals surface area contributed by atoms with Gasteiger partial charge in [-0.3, -0.25) is 5.32 Å². The Hall–Kier alpha value is -6.66. The number of hydrogen-bond acceptors (Lipinski definition) is 2. The lowest BCUT2D eigenvalue weighted by Gasteiger charge is -2.23. The third-order valence-electron chi connectivity index (χ3n) is 11.1. The molecule has 0 aromatic heterocycles. The van der Waals surface area contributed by atoms with Crippen LogP contribution in [0.1, 0.15) is 66.6 Å². The molecule has 2 N–H and O–H groups in total. The Morgan fingerprint density at radius 2 is 1.64 bits per heavy atom. The Morgan fingerprint density at radius 1 is 0.845 bits per heavy atom. The van der Waals surface area contributed by atoms with Crippen LogP contribution in [0.5, 0.6) is 0 Å². The molecule has 1 atom stereocenters. The number of rotatable bonds is 14. The molecular formula is C56H52N2. The molecular weight excluding hydrogens is 701 g/mol. The van der Waals surface area contributed by atoms with Crippen molar-refractivity contribution in [1.82, 2.24) is 5.32 Å². The SMILES string of the molecule is C=C/C=c1/c(C(NCNc2cc(-c3cccc(CC)c3C(=C)/C=C\CC)ccc2-c2cccc3ccc4ccccc4c23)c2c#cccc2)cc(/C=C\C)c(C)c1=C. The van der Waals surface area contributed by atoms with Crippen molar-refractivity contribution in [3.05, 3.63) is 209 Å². The standard InChI is InChI=1S/C56H52N2/c1-8-12-22-38(5)54-41(11-4)26-18-29-49(54)46-33-34-50(51-30-19-27-43-32-31-42-23-16-17-28-48(42)55(43)51)53(36-46)57-37-58-56(44-24-14-13-15-25-44)52-35-45(20-9-2)39(6)40(7)47(52)21-10-3/h9-10,12-14,16-24,26-36,56-58H,3,5,7-8,11,37H2,1-2,4,6H3/b20-9-,22-12-,47-21+. The quantitative estimate of drug-likeness (QED) is 0.0657. The summed E-state index contributed by atoms with van der Waals surface area (Å²) >= 11 is 0. The second-order valence-corrected chi connectivity index (χ2v) is 14.7. The predicted molar refractivity (Wildman–Crippen MR) is 253 cm³/mol. The van der Waals surface area contributed by atoms with Crippen molar-refractivity contribution < 1.29 is 0 Å². The first-order valence-corrected chi connectivity index (χ1v) is 20.3. The normalized spacial score (nSPS) is 12.4. The molecule has 286 valence electrons. The fourth-order valence-electron chi connectivity index (χ4n) is 8.22. The van der Waals surface area contributed by atoms with Gasteiger partial charge in [-0.25, -0.2) is 0 Å². The number of fused-ring (bicyclic) bond motifs is 3. The average molecular weight is 753 g/mol. The second-order valence-electron chi connectivity index (χ2n) is 14.7. The van der Waals surface area contributed by atoms with Crippen LogP contribution in [0.25, 0.3) is 68.1 Å². The summed E-state index contributed by atoms with van der Waals surface area (Å²) in [5.74, 6) is 0. The van der Waals surface area contributed by atoms with Gasteiger partial charge in [0, 0.05) is 16.8 Å². The fraction of sp³-hybridized carbons (Fsp3) is 0.143. The molecule has 0 aliphatic heterocycles. The first kappa shape index (κ1) is 39.6. The van der Waals surface area contributed by atoms with Crippen molar-refractivity contribution in [3.8, 4) is 22.3 Å². The van der Waals surface area contributed by atoms with Crippen LogP contribution in [0, 0.1) is 19.1 Å². The van der Waals surface area contributed by atoms with E-state index < -0.39 is 0 Å². The number of benzene rings is 6. The van der Waals surface area contributed by atoms with Gasteiger partial charge in [0.15, 0.2) is 0 Å². The van der Waals surface area contributed by atoms with Crippen LogP contribution in [-0.2, 0) is 6.42 Å². The lowest BCUT2D eigenvalue weighted by molar-refractivity contribution is 0.633. The molecule has 0 spiro atoms. The van der Waals surface area contributed by atoms with E-state index in [9.17, 15) is 0 Å². The van der Waals surface area contributed by atoms with E-state index in [-0.39, 0.29) is 6.04 Å². The van der Waals surface area contributed by atoms with E-state index in [1.807, 2.05) is 18.2 Å². The Bertz CT molecular complexity index is 2800. The van der Waals surface area contributed by atoms with Crippen LogP contribution in [0.2, 0.25) is 0 Å². The third kappa shape index (κ3) is 7.96. The molecule has 0 heterocycles. The minimum atomic E-state index is -0.212. The van der Waals surface area contributed by atoms with Gasteiger partial charge in [-0.1, -0.05) is 173 Å². The second kappa shape index (κ2) is 18.1. The number of allylic oxidation sites excluding steroid dienone is 5. The highest BCUT2D eigenvalue weighted by molar-refractivity contribution is 6.15. The minimum absolute atomic E-state index is 0.212. The van der Waals surface area contributed by atoms with Crippen molar-refractivity contribution in [2.24, 2.45) is 0 Å². The van der Waals surface area contributed by atoms with Crippen LogP contribution >= 0.6 is 0 Å². The molecule has 0 aliphatic rings. The topological polar surface area (TPSA) is 24.1 Å². The van der Waals surface area contributed by atoms with Crippen molar-refractivity contribution in [1.29, 1.82) is 0 Å². The summed E-state index contributed by atoms with van der Waals surface area (Å²) in [6.45, 7) is 22.2. The molecule has 2 heteroatoms. The van der Waals surface area contributed by atoms with Crippen LogP contribution < -0.4 is 21.1 Å². The van der Waals surface area contributed by atoms with Gasteiger partial charge < -0.3 is 5.32 Å². The van der Waals surface area contributed by atoms with E-state index in [1.54, 1.807) is 0 Å². The summed E-state index contributed by atoms with van der Waals surface area (Å²) in [6, 6.07) is 47.9. The fourth-order valence-corrected chi connectivity index (χ4v) is 8.22.